The van der Waals surface area contributed by atoms with Crippen molar-refractivity contribution >= 4 is 0 Å². The first-order valence-corrected chi connectivity index (χ1v) is 11.0. The van der Waals surface area contributed by atoms with Crippen molar-refractivity contribution in [1.82, 2.24) is 0 Å². The maximum atomic E-state index is 14.8. The van der Waals surface area contributed by atoms with Crippen molar-refractivity contribution in [3.63, 3.8) is 0 Å². The first kappa shape index (κ1) is 23.6. The predicted octanol–water partition coefficient (Wildman–Crippen LogP) is 7.90. The van der Waals surface area contributed by atoms with Crippen LogP contribution in [0.1, 0.15) is 48.9 Å². The van der Waals surface area contributed by atoms with Crippen molar-refractivity contribution in [2.24, 2.45) is 0 Å². The molecule has 1 heterocycles. The molecule has 0 saturated carbocycles. The molecule has 3 rings (SSSR count). The third-order valence-electron chi connectivity index (χ3n) is 5.72. The molecule has 1 nitrogen and oxygen atoms in total. The fourth-order valence-electron chi connectivity index (χ4n) is 3.71. The zero-order valence-corrected chi connectivity index (χ0v) is 18.7. The van der Waals surface area contributed by atoms with Crippen molar-refractivity contribution in [3.05, 3.63) is 112 Å². The highest BCUT2D eigenvalue weighted by Crippen LogP contribution is 2.39. The number of ether oxygens (including phenoxy) is 1. The molecule has 1 aliphatic rings. The quantitative estimate of drug-likeness (QED) is 0.381. The Hall–Kier alpha value is -3.01. The smallest absolute Gasteiger partial charge is 0.201 e. The highest BCUT2D eigenvalue weighted by Gasteiger charge is 2.28. The first-order chi connectivity index (χ1) is 15.3. The lowest BCUT2D eigenvalue weighted by Crippen LogP contribution is -2.15. The van der Waals surface area contributed by atoms with Crippen molar-refractivity contribution < 1.29 is 17.9 Å². The van der Waals surface area contributed by atoms with Gasteiger partial charge in [-0.2, -0.15) is 4.39 Å². The largest absolute Gasteiger partial charge is 0.450 e. The van der Waals surface area contributed by atoms with Gasteiger partial charge >= 0.3 is 0 Å². The molecule has 0 saturated heterocycles. The summed E-state index contributed by atoms with van der Waals surface area (Å²) in [5.41, 5.74) is 3.67. The molecule has 0 amide bonds. The van der Waals surface area contributed by atoms with Gasteiger partial charge in [-0.3, -0.25) is 0 Å². The molecular formula is C28H29F3O. The standard InChI is InChI=1S/C28H29F3O/c1-5-7-8-9-20-10-12-21(13-11-20)14-15-22-17-23-16-19(4)27(24(29)18(3)6-2)32-28(23)26(31)25(22)30/h5,7,10-13,17H,3-4,6,8-9,14-16H2,1-2H3/b7-5+,27-24-. The molecule has 32 heavy (non-hydrogen) atoms. The van der Waals surface area contributed by atoms with Crippen LogP contribution in [0.5, 0.6) is 5.75 Å². The van der Waals surface area contributed by atoms with Crippen LogP contribution in [0.3, 0.4) is 0 Å². The lowest BCUT2D eigenvalue weighted by Gasteiger charge is -2.24. The van der Waals surface area contributed by atoms with E-state index in [1.807, 2.05) is 25.1 Å². The summed E-state index contributed by atoms with van der Waals surface area (Å²) in [5, 5.41) is 0. The third-order valence-corrected chi connectivity index (χ3v) is 5.72. The minimum atomic E-state index is -1.09. The Morgan fingerprint density at radius 3 is 2.34 bits per heavy atom. The molecule has 0 radical (unpaired) electrons. The summed E-state index contributed by atoms with van der Waals surface area (Å²) in [7, 11) is 0. The summed E-state index contributed by atoms with van der Waals surface area (Å²) >= 11 is 0. The minimum Gasteiger partial charge on any atom is -0.450 e. The van der Waals surface area contributed by atoms with E-state index in [0.29, 0.717) is 30.4 Å². The van der Waals surface area contributed by atoms with E-state index in [2.05, 4.69) is 31.4 Å². The van der Waals surface area contributed by atoms with Gasteiger partial charge in [0.15, 0.2) is 23.2 Å². The lowest BCUT2D eigenvalue weighted by atomic mass is 9.94. The Kier molecular flexibility index (Phi) is 7.79. The second-order valence-electron chi connectivity index (χ2n) is 8.06. The highest BCUT2D eigenvalue weighted by atomic mass is 19.2. The van der Waals surface area contributed by atoms with Gasteiger partial charge in [0.25, 0.3) is 0 Å². The normalized spacial score (nSPS) is 15.0. The fraction of sp³-hybridized carbons (Fsp3) is 0.286. The van der Waals surface area contributed by atoms with E-state index in [4.69, 9.17) is 4.74 Å². The van der Waals surface area contributed by atoms with Crippen molar-refractivity contribution in [2.45, 2.75) is 52.4 Å². The molecule has 4 heteroatoms. The number of rotatable bonds is 8. The Bertz CT molecular complexity index is 1070. The number of benzene rings is 2. The van der Waals surface area contributed by atoms with Gasteiger partial charge in [-0.25, -0.2) is 8.78 Å². The summed E-state index contributed by atoms with van der Waals surface area (Å²) < 4.78 is 49.6. The van der Waals surface area contributed by atoms with Crippen LogP contribution >= 0.6 is 0 Å². The van der Waals surface area contributed by atoms with Crippen LogP contribution in [0, 0.1) is 11.6 Å². The van der Waals surface area contributed by atoms with E-state index < -0.39 is 17.5 Å². The molecule has 0 atom stereocenters. The highest BCUT2D eigenvalue weighted by molar-refractivity contribution is 5.51. The third kappa shape index (κ3) is 5.24. The lowest BCUT2D eigenvalue weighted by molar-refractivity contribution is 0.353. The van der Waals surface area contributed by atoms with Gasteiger partial charge in [-0.1, -0.05) is 56.5 Å². The Morgan fingerprint density at radius 2 is 1.72 bits per heavy atom. The van der Waals surface area contributed by atoms with Gasteiger partial charge in [-0.05, 0) is 72.9 Å². The van der Waals surface area contributed by atoms with Crippen molar-refractivity contribution in [3.8, 4) is 5.75 Å². The van der Waals surface area contributed by atoms with Crippen LogP contribution in [-0.2, 0) is 25.7 Å². The van der Waals surface area contributed by atoms with Crippen LogP contribution in [-0.4, -0.2) is 0 Å². The van der Waals surface area contributed by atoms with Crippen molar-refractivity contribution in [2.75, 3.05) is 0 Å². The first-order valence-electron chi connectivity index (χ1n) is 11.0. The van der Waals surface area contributed by atoms with Crippen LogP contribution in [0.25, 0.3) is 0 Å². The number of fused-ring (bicyclic) bond motifs is 1. The summed E-state index contributed by atoms with van der Waals surface area (Å²) in [6.07, 6.45) is 7.65. The van der Waals surface area contributed by atoms with Gasteiger partial charge in [-0.15, -0.1) is 0 Å². The number of halogens is 3. The average Bonchev–Trinajstić information content (AvgIpc) is 2.80. The number of allylic oxidation sites excluding steroid dienone is 5. The van der Waals surface area contributed by atoms with Gasteiger partial charge in [0.2, 0.25) is 5.82 Å². The van der Waals surface area contributed by atoms with E-state index in [1.165, 1.54) is 5.56 Å². The van der Waals surface area contributed by atoms with Crippen LogP contribution < -0.4 is 4.74 Å². The van der Waals surface area contributed by atoms with E-state index in [-0.39, 0.29) is 29.1 Å². The van der Waals surface area contributed by atoms with E-state index in [0.717, 1.165) is 18.4 Å². The molecule has 168 valence electrons. The molecule has 0 spiro atoms. The van der Waals surface area contributed by atoms with E-state index in [1.54, 1.807) is 13.0 Å². The van der Waals surface area contributed by atoms with Crippen LogP contribution in [0.2, 0.25) is 0 Å². The second kappa shape index (κ2) is 10.5. The SMILES string of the molecule is C=C(CC)/C(F)=C1/Oc2c(cc(CCc3ccc(CC/C=C/C)cc3)c(F)c2F)CC1=C. The topological polar surface area (TPSA) is 9.23 Å². The summed E-state index contributed by atoms with van der Waals surface area (Å²) in [6, 6.07) is 9.82. The van der Waals surface area contributed by atoms with Gasteiger partial charge in [0.1, 0.15) is 0 Å². The molecule has 0 bridgehead atoms. The number of hydrogen-bond donors (Lipinski definition) is 0. The van der Waals surface area contributed by atoms with Crippen LogP contribution in [0.4, 0.5) is 13.2 Å². The maximum absolute atomic E-state index is 14.8. The minimum absolute atomic E-state index is 0.162. The van der Waals surface area contributed by atoms with Crippen LogP contribution in [0.15, 0.2) is 78.4 Å². The second-order valence-corrected chi connectivity index (χ2v) is 8.06. The summed E-state index contributed by atoms with van der Waals surface area (Å²) in [6.45, 7) is 11.3. The summed E-state index contributed by atoms with van der Waals surface area (Å²) in [4.78, 5) is 0. The maximum Gasteiger partial charge on any atom is 0.201 e. The zero-order chi connectivity index (χ0) is 23.3. The number of aryl methyl sites for hydroxylation is 3. The van der Waals surface area contributed by atoms with Gasteiger partial charge in [0.05, 0.1) is 0 Å². The molecule has 0 aliphatic carbocycles. The fourth-order valence-corrected chi connectivity index (χ4v) is 3.71. The molecule has 0 fully saturated rings. The van der Waals surface area contributed by atoms with E-state index in [9.17, 15) is 13.2 Å². The van der Waals surface area contributed by atoms with Crippen molar-refractivity contribution in [1.29, 1.82) is 0 Å². The average molecular weight is 439 g/mol. The Balaban J connectivity index is 1.77. The van der Waals surface area contributed by atoms with E-state index >= 15 is 0 Å². The van der Waals surface area contributed by atoms with Gasteiger partial charge < -0.3 is 4.74 Å². The molecule has 0 unspecified atom stereocenters. The Morgan fingerprint density at radius 1 is 1.06 bits per heavy atom. The molecule has 0 aromatic heterocycles. The zero-order valence-electron chi connectivity index (χ0n) is 18.7. The number of hydrogen-bond acceptors (Lipinski definition) is 1. The molecule has 1 aliphatic heterocycles. The molecule has 0 N–H and O–H groups in total. The molecular weight excluding hydrogens is 409 g/mol. The summed E-state index contributed by atoms with van der Waals surface area (Å²) in [5.74, 6) is -3.13. The molecule has 2 aromatic rings. The monoisotopic (exact) mass is 438 g/mol. The van der Waals surface area contributed by atoms with Gasteiger partial charge in [0, 0.05) is 12.0 Å². The predicted molar refractivity (Wildman–Crippen MR) is 124 cm³/mol. The molecule has 2 aromatic carbocycles. The Labute approximate surface area is 188 Å².